The number of fused-ring (bicyclic) bond motifs is 1. The molecule has 0 radical (unpaired) electrons. The van der Waals surface area contributed by atoms with Crippen molar-refractivity contribution >= 4 is 45.8 Å². The summed E-state index contributed by atoms with van der Waals surface area (Å²) >= 11 is 3.27. The Hall–Kier alpha value is -2.56. The van der Waals surface area contributed by atoms with Gasteiger partial charge in [-0.3, -0.25) is 14.6 Å². The maximum absolute atomic E-state index is 14.6. The molecule has 2 aromatic heterocycles. The number of pyridine rings is 1. The summed E-state index contributed by atoms with van der Waals surface area (Å²) in [6, 6.07) is 5.01. The number of carbonyl (C=O) groups is 2. The van der Waals surface area contributed by atoms with Gasteiger partial charge in [0.15, 0.2) is 11.6 Å². The van der Waals surface area contributed by atoms with E-state index in [9.17, 15) is 19.1 Å². The van der Waals surface area contributed by atoms with Crippen molar-refractivity contribution in [3.05, 3.63) is 47.4 Å². The maximum atomic E-state index is 14.6. The van der Waals surface area contributed by atoms with Crippen molar-refractivity contribution in [3.8, 4) is 5.75 Å². The second-order valence-electron chi connectivity index (χ2n) is 8.27. The van der Waals surface area contributed by atoms with E-state index in [1.807, 2.05) is 5.38 Å². The zero-order valence-corrected chi connectivity index (χ0v) is 20.4. The quantitative estimate of drug-likeness (QED) is 0.317. The molecule has 3 heterocycles. The number of thioether (sulfide) groups is 1. The Bertz CT molecular complexity index is 1160. The third-order valence-electron chi connectivity index (χ3n) is 6.25. The van der Waals surface area contributed by atoms with Crippen LogP contribution in [0.5, 0.6) is 5.75 Å². The number of aromatic nitrogens is 2. The molecule has 1 N–H and O–H groups in total. The highest BCUT2D eigenvalue weighted by molar-refractivity contribution is 8.01. The smallest absolute Gasteiger partial charge is 0.308 e. The van der Waals surface area contributed by atoms with Gasteiger partial charge in [-0.15, -0.1) is 11.3 Å². The summed E-state index contributed by atoms with van der Waals surface area (Å²) in [6.07, 6.45) is 4.02. The fourth-order valence-electron chi connectivity index (χ4n) is 4.44. The Balaban J connectivity index is 1.38. The third-order valence-corrected chi connectivity index (χ3v) is 8.20. The predicted molar refractivity (Wildman–Crippen MR) is 130 cm³/mol. The van der Waals surface area contributed by atoms with Crippen LogP contribution in [0.4, 0.5) is 4.39 Å². The molecule has 0 saturated carbocycles. The van der Waals surface area contributed by atoms with Crippen molar-refractivity contribution in [3.63, 3.8) is 0 Å². The van der Waals surface area contributed by atoms with Gasteiger partial charge in [-0.05, 0) is 43.5 Å². The highest BCUT2D eigenvalue weighted by Gasteiger charge is 2.34. The van der Waals surface area contributed by atoms with E-state index >= 15 is 0 Å². The summed E-state index contributed by atoms with van der Waals surface area (Å²) < 4.78 is 20.8. The molecule has 1 aliphatic heterocycles. The Morgan fingerprint density at radius 2 is 2.21 bits per heavy atom. The molecule has 34 heavy (non-hydrogen) atoms. The minimum Gasteiger partial charge on any atom is -0.497 e. The lowest BCUT2D eigenvalue weighted by atomic mass is 9.81. The maximum Gasteiger partial charge on any atom is 0.308 e. The van der Waals surface area contributed by atoms with Crippen LogP contribution >= 0.6 is 23.1 Å². The Kier molecular flexibility index (Phi) is 8.12. The number of Topliss-reactive ketones (excluding diaryl/α,β-unsaturated/α-hetero) is 1. The average Bonchev–Trinajstić information content (AvgIpc) is 3.36. The summed E-state index contributed by atoms with van der Waals surface area (Å²) in [5, 5.41) is 12.2. The van der Waals surface area contributed by atoms with Crippen LogP contribution in [0.15, 0.2) is 40.3 Å². The standard InChI is InChI=1S/C24H26FN3O4S2/c1-32-16-3-4-20-17(12-16)22(19(25)13-27-20)21(29)5-2-15-6-8-28(14-18(15)23(30)31)9-11-34-24-26-7-10-33-24/h3-4,7,10,12-13,15,18H,2,5-6,8-9,11,14H2,1H3,(H,30,31)/t15-,18+/m0/s1. The zero-order valence-electron chi connectivity index (χ0n) is 18.8. The van der Waals surface area contributed by atoms with Gasteiger partial charge in [0.2, 0.25) is 0 Å². The number of carboxylic acids is 1. The van der Waals surface area contributed by atoms with E-state index in [0.29, 0.717) is 36.0 Å². The molecule has 0 spiro atoms. The monoisotopic (exact) mass is 503 g/mol. The molecule has 0 aliphatic carbocycles. The third kappa shape index (κ3) is 5.73. The molecular weight excluding hydrogens is 477 g/mol. The van der Waals surface area contributed by atoms with E-state index in [0.717, 1.165) is 29.4 Å². The van der Waals surface area contributed by atoms with E-state index in [4.69, 9.17) is 4.74 Å². The number of rotatable bonds is 10. The number of piperidine rings is 1. The van der Waals surface area contributed by atoms with E-state index in [2.05, 4.69) is 14.9 Å². The molecule has 10 heteroatoms. The van der Waals surface area contributed by atoms with Crippen molar-refractivity contribution in [1.29, 1.82) is 0 Å². The molecule has 1 aromatic carbocycles. The minimum absolute atomic E-state index is 0.00702. The molecule has 2 atom stereocenters. The number of aliphatic carboxylic acids is 1. The number of carbonyl (C=O) groups excluding carboxylic acids is 1. The fraction of sp³-hybridized carbons (Fsp3) is 0.417. The van der Waals surface area contributed by atoms with Crippen molar-refractivity contribution in [2.45, 2.75) is 23.6 Å². The van der Waals surface area contributed by atoms with Crippen LogP contribution in [0.25, 0.3) is 10.9 Å². The van der Waals surface area contributed by atoms with Crippen LogP contribution in [-0.4, -0.2) is 64.2 Å². The van der Waals surface area contributed by atoms with E-state index < -0.39 is 17.7 Å². The summed E-state index contributed by atoms with van der Waals surface area (Å²) in [6.45, 7) is 2.02. The number of likely N-dealkylation sites (tertiary alicyclic amines) is 1. The Labute approximate surface area is 205 Å². The highest BCUT2D eigenvalue weighted by atomic mass is 32.2. The fourth-order valence-corrected chi connectivity index (χ4v) is 6.15. The molecule has 0 unspecified atom stereocenters. The number of carboxylic acid groups (broad SMARTS) is 1. The summed E-state index contributed by atoms with van der Waals surface area (Å²) in [5.41, 5.74) is 0.505. The highest BCUT2D eigenvalue weighted by Crippen LogP contribution is 2.31. The van der Waals surface area contributed by atoms with Crippen molar-refractivity contribution in [1.82, 2.24) is 14.9 Å². The van der Waals surface area contributed by atoms with Crippen LogP contribution in [0.1, 0.15) is 29.6 Å². The number of ether oxygens (including phenoxy) is 1. The average molecular weight is 504 g/mol. The molecule has 4 rings (SSSR count). The Morgan fingerprint density at radius 3 is 2.94 bits per heavy atom. The minimum atomic E-state index is -0.847. The second-order valence-corrected chi connectivity index (χ2v) is 10.5. The molecule has 7 nitrogen and oxygen atoms in total. The summed E-state index contributed by atoms with van der Waals surface area (Å²) in [7, 11) is 1.51. The van der Waals surface area contributed by atoms with E-state index in [1.54, 1.807) is 47.5 Å². The lowest BCUT2D eigenvalue weighted by Crippen LogP contribution is -2.44. The van der Waals surface area contributed by atoms with Gasteiger partial charge in [0.1, 0.15) is 10.1 Å². The lowest BCUT2D eigenvalue weighted by Gasteiger charge is -2.36. The second kappa shape index (κ2) is 11.2. The van der Waals surface area contributed by atoms with Crippen molar-refractivity contribution < 1.29 is 23.8 Å². The molecule has 1 saturated heterocycles. The number of benzene rings is 1. The lowest BCUT2D eigenvalue weighted by molar-refractivity contribution is -0.146. The first kappa shape index (κ1) is 24.6. The van der Waals surface area contributed by atoms with Crippen molar-refractivity contribution in [2.75, 3.05) is 32.5 Å². The number of hydrogen-bond donors (Lipinski definition) is 1. The van der Waals surface area contributed by atoms with Gasteiger partial charge in [0.25, 0.3) is 0 Å². The van der Waals surface area contributed by atoms with Crippen molar-refractivity contribution in [2.24, 2.45) is 11.8 Å². The number of nitrogens with zero attached hydrogens (tertiary/aromatic N) is 3. The van der Waals surface area contributed by atoms with Crippen LogP contribution in [0, 0.1) is 17.7 Å². The van der Waals surface area contributed by atoms with Crippen LogP contribution in [-0.2, 0) is 4.79 Å². The number of thiazole rings is 1. The molecule has 1 aliphatic rings. The zero-order chi connectivity index (χ0) is 24.1. The van der Waals surface area contributed by atoms with Gasteiger partial charge < -0.3 is 14.7 Å². The first-order valence-corrected chi connectivity index (χ1v) is 13.0. The molecule has 3 aromatic rings. The van der Waals surface area contributed by atoms with Crippen LogP contribution in [0.2, 0.25) is 0 Å². The number of hydrogen-bond acceptors (Lipinski definition) is 8. The van der Waals surface area contributed by atoms with Gasteiger partial charge in [-0.25, -0.2) is 9.37 Å². The van der Waals surface area contributed by atoms with E-state index in [-0.39, 0.29) is 23.7 Å². The normalized spacial score (nSPS) is 18.8. The molecule has 1 fully saturated rings. The Morgan fingerprint density at radius 1 is 1.35 bits per heavy atom. The molecule has 0 bridgehead atoms. The molecule has 180 valence electrons. The van der Waals surface area contributed by atoms with Gasteiger partial charge in [-0.1, -0.05) is 11.8 Å². The summed E-state index contributed by atoms with van der Waals surface area (Å²) in [5.74, 6) is -1.18. The number of halogens is 1. The van der Waals surface area contributed by atoms with Gasteiger partial charge >= 0.3 is 5.97 Å². The number of ketones is 1. The van der Waals surface area contributed by atoms with Gasteiger partial charge in [0.05, 0.1) is 30.3 Å². The first-order valence-electron chi connectivity index (χ1n) is 11.1. The topological polar surface area (TPSA) is 92.6 Å². The first-order chi connectivity index (χ1) is 16.5. The molecular formula is C24H26FN3O4S2. The van der Waals surface area contributed by atoms with Crippen LogP contribution in [0.3, 0.4) is 0 Å². The van der Waals surface area contributed by atoms with E-state index in [1.165, 1.54) is 7.11 Å². The van der Waals surface area contributed by atoms with Gasteiger partial charge in [-0.2, -0.15) is 0 Å². The number of methoxy groups -OCH3 is 1. The molecule has 0 amide bonds. The predicted octanol–water partition coefficient (Wildman–Crippen LogP) is 4.62. The van der Waals surface area contributed by atoms with Crippen LogP contribution < -0.4 is 4.74 Å². The summed E-state index contributed by atoms with van der Waals surface area (Å²) in [4.78, 5) is 35.5. The largest absolute Gasteiger partial charge is 0.497 e. The SMILES string of the molecule is COc1ccc2ncc(F)c(C(=O)CC[C@H]3CCN(CCSc4nccs4)C[C@H]3C(=O)O)c2c1. The van der Waals surface area contributed by atoms with Gasteiger partial charge in [0, 0.05) is 42.2 Å².